The zero-order chi connectivity index (χ0) is 34.1. The maximum absolute atomic E-state index is 12.3. The molecule has 0 aromatic heterocycles. The number of para-hydroxylation sites is 1. The summed E-state index contributed by atoms with van der Waals surface area (Å²) in [6.07, 6.45) is 0.635. The minimum absolute atomic E-state index is 0.0197. The largest absolute Gasteiger partial charge is 0.480 e. The van der Waals surface area contributed by atoms with Crippen molar-refractivity contribution in [3.63, 3.8) is 0 Å². The SMILES string of the molecule is CC(C)(C)c1cc(-c2ccc(Oc3ccccc3CCC(=O)OCCCOP(=O)(O)OCC(N)C(=O)O)cc2)cc(C(C)(C)C)c1. The van der Waals surface area contributed by atoms with Crippen LogP contribution in [-0.4, -0.2) is 47.8 Å². The second kappa shape index (κ2) is 15.8. The number of carbonyl (C=O) groups is 2. The van der Waals surface area contributed by atoms with Crippen molar-refractivity contribution in [1.29, 1.82) is 0 Å². The van der Waals surface area contributed by atoms with Crippen molar-refractivity contribution in [1.82, 2.24) is 0 Å². The van der Waals surface area contributed by atoms with Crippen LogP contribution in [-0.2, 0) is 45.2 Å². The van der Waals surface area contributed by atoms with Gasteiger partial charge < -0.3 is 25.2 Å². The van der Waals surface area contributed by atoms with Gasteiger partial charge in [-0.05, 0) is 63.3 Å². The second-order valence-electron chi connectivity index (χ2n) is 13.1. The van der Waals surface area contributed by atoms with Crippen LogP contribution in [0.4, 0.5) is 0 Å². The molecule has 0 fully saturated rings. The van der Waals surface area contributed by atoms with Crippen molar-refractivity contribution in [2.45, 2.75) is 77.7 Å². The van der Waals surface area contributed by atoms with E-state index in [-0.39, 0.29) is 36.9 Å². The molecule has 4 N–H and O–H groups in total. The van der Waals surface area contributed by atoms with Crippen LogP contribution in [0, 0.1) is 0 Å². The van der Waals surface area contributed by atoms with Crippen LogP contribution in [0.5, 0.6) is 11.5 Å². The molecule has 3 aromatic rings. The molecule has 0 bridgehead atoms. The Bertz CT molecular complexity index is 1490. The molecule has 0 heterocycles. The predicted molar refractivity (Wildman–Crippen MR) is 177 cm³/mol. The second-order valence-corrected chi connectivity index (χ2v) is 14.6. The number of benzene rings is 3. The van der Waals surface area contributed by atoms with E-state index in [0.717, 1.165) is 16.7 Å². The molecule has 0 aliphatic rings. The summed E-state index contributed by atoms with van der Waals surface area (Å²) >= 11 is 0. The van der Waals surface area contributed by atoms with Crippen LogP contribution in [0.2, 0.25) is 0 Å². The summed E-state index contributed by atoms with van der Waals surface area (Å²) in [6, 6.07) is 20.9. The van der Waals surface area contributed by atoms with Gasteiger partial charge >= 0.3 is 19.8 Å². The fourth-order valence-corrected chi connectivity index (χ4v) is 5.11. The Labute approximate surface area is 271 Å². The molecular formula is C35H46NO9P. The number of ether oxygens (including phenoxy) is 2. The fourth-order valence-electron chi connectivity index (χ4n) is 4.33. The molecule has 0 aliphatic heterocycles. The quantitative estimate of drug-likeness (QED) is 0.0873. The number of carbonyl (C=O) groups excluding carboxylic acids is 1. The number of hydrogen-bond donors (Lipinski definition) is 3. The zero-order valence-corrected chi connectivity index (χ0v) is 28.3. The molecule has 0 saturated heterocycles. The highest BCUT2D eigenvalue weighted by Crippen LogP contribution is 2.43. The average Bonchev–Trinajstić information content (AvgIpc) is 2.98. The van der Waals surface area contributed by atoms with Crippen LogP contribution < -0.4 is 10.5 Å². The predicted octanol–water partition coefficient (Wildman–Crippen LogP) is 7.15. The van der Waals surface area contributed by atoms with E-state index < -0.39 is 32.4 Å². The molecule has 10 nitrogen and oxygen atoms in total. The fraction of sp³-hybridized carbons (Fsp3) is 0.429. The van der Waals surface area contributed by atoms with E-state index in [4.69, 9.17) is 24.8 Å². The Kier molecular flexibility index (Phi) is 12.7. The summed E-state index contributed by atoms with van der Waals surface area (Å²) in [6.45, 7) is 12.4. The van der Waals surface area contributed by atoms with Gasteiger partial charge in [-0.15, -0.1) is 0 Å². The first-order chi connectivity index (χ1) is 21.4. The van der Waals surface area contributed by atoms with Crippen molar-refractivity contribution in [3.8, 4) is 22.6 Å². The third kappa shape index (κ3) is 11.7. The van der Waals surface area contributed by atoms with Gasteiger partial charge in [-0.3, -0.25) is 18.6 Å². The molecule has 11 heteroatoms. The van der Waals surface area contributed by atoms with Gasteiger partial charge in [0.05, 0.1) is 19.8 Å². The monoisotopic (exact) mass is 655 g/mol. The number of hydrogen-bond acceptors (Lipinski definition) is 8. The molecule has 2 unspecified atom stereocenters. The molecule has 0 spiro atoms. The summed E-state index contributed by atoms with van der Waals surface area (Å²) in [5, 5.41) is 8.70. The number of esters is 1. The van der Waals surface area contributed by atoms with Crippen molar-refractivity contribution < 1.29 is 42.7 Å². The first-order valence-electron chi connectivity index (χ1n) is 15.2. The highest BCUT2D eigenvalue weighted by molar-refractivity contribution is 7.47. The molecule has 3 aromatic carbocycles. The molecular weight excluding hydrogens is 609 g/mol. The maximum Gasteiger partial charge on any atom is 0.472 e. The first kappa shape index (κ1) is 36.9. The van der Waals surface area contributed by atoms with Crippen LogP contribution in [0.1, 0.15) is 71.1 Å². The maximum atomic E-state index is 12.3. The molecule has 0 saturated carbocycles. The minimum Gasteiger partial charge on any atom is -0.480 e. The van der Waals surface area contributed by atoms with Crippen molar-refractivity contribution >= 4 is 19.8 Å². The summed E-state index contributed by atoms with van der Waals surface area (Å²) in [5.41, 5.74) is 11.0. The van der Waals surface area contributed by atoms with E-state index in [1.807, 2.05) is 36.4 Å². The van der Waals surface area contributed by atoms with Gasteiger partial charge in [0.25, 0.3) is 0 Å². The third-order valence-electron chi connectivity index (χ3n) is 7.19. The van der Waals surface area contributed by atoms with E-state index in [9.17, 15) is 19.0 Å². The smallest absolute Gasteiger partial charge is 0.472 e. The van der Waals surface area contributed by atoms with Gasteiger partial charge in [-0.2, -0.15) is 0 Å². The topological polar surface area (TPSA) is 155 Å². The van der Waals surface area contributed by atoms with Gasteiger partial charge in [0, 0.05) is 12.8 Å². The average molecular weight is 656 g/mol. The standard InChI is InChI=1S/C35H46NO9P/c1-34(2,3)27-20-26(21-28(22-27)35(4,5)6)24-12-15-29(16-13-24)45-31-11-8-7-10-25(31)14-17-32(37)42-18-9-19-43-46(40,41)44-23-30(36)33(38)39/h7-8,10-13,15-16,20-22,30H,9,14,17-19,23,36H2,1-6H3,(H,38,39)(H,40,41). The van der Waals surface area contributed by atoms with Gasteiger partial charge in [-0.25, -0.2) is 4.57 Å². The number of phosphoric ester groups is 1. The summed E-state index contributed by atoms with van der Waals surface area (Å²) in [4.78, 5) is 32.6. The molecule has 0 aliphatic carbocycles. The lowest BCUT2D eigenvalue weighted by molar-refractivity contribution is -0.143. The lowest BCUT2D eigenvalue weighted by Crippen LogP contribution is -2.34. The van der Waals surface area contributed by atoms with Crippen LogP contribution >= 0.6 is 7.82 Å². The summed E-state index contributed by atoms with van der Waals surface area (Å²) in [7, 11) is -4.47. The number of aliphatic carboxylic acids is 1. The Morgan fingerprint density at radius 3 is 2.04 bits per heavy atom. The number of carboxylic acid groups (broad SMARTS) is 1. The molecule has 0 radical (unpaired) electrons. The Morgan fingerprint density at radius 2 is 1.46 bits per heavy atom. The van der Waals surface area contributed by atoms with E-state index in [0.29, 0.717) is 17.9 Å². The number of aryl methyl sites for hydroxylation is 1. The molecule has 3 rings (SSSR count). The van der Waals surface area contributed by atoms with Crippen LogP contribution in [0.3, 0.4) is 0 Å². The van der Waals surface area contributed by atoms with Crippen molar-refractivity contribution in [2.24, 2.45) is 5.73 Å². The lowest BCUT2D eigenvalue weighted by atomic mass is 9.79. The Morgan fingerprint density at radius 1 is 0.848 bits per heavy atom. The highest BCUT2D eigenvalue weighted by atomic mass is 31.2. The van der Waals surface area contributed by atoms with E-state index in [2.05, 4.69) is 76.4 Å². The van der Waals surface area contributed by atoms with Gasteiger partial charge in [0.1, 0.15) is 17.5 Å². The Hall–Kier alpha value is -3.53. The number of rotatable bonds is 15. The summed E-state index contributed by atoms with van der Waals surface area (Å²) < 4.78 is 32.5. The number of carboxylic acids is 1. The Balaban J connectivity index is 1.54. The normalized spacial score (nSPS) is 13.9. The van der Waals surface area contributed by atoms with E-state index >= 15 is 0 Å². The first-order valence-corrected chi connectivity index (χ1v) is 16.7. The van der Waals surface area contributed by atoms with Gasteiger partial charge in [-0.1, -0.05) is 90.1 Å². The van der Waals surface area contributed by atoms with Crippen molar-refractivity contribution in [3.05, 3.63) is 83.4 Å². The van der Waals surface area contributed by atoms with Gasteiger partial charge in [0.2, 0.25) is 0 Å². The zero-order valence-electron chi connectivity index (χ0n) is 27.4. The van der Waals surface area contributed by atoms with Crippen molar-refractivity contribution in [2.75, 3.05) is 19.8 Å². The lowest BCUT2D eigenvalue weighted by Gasteiger charge is -2.26. The van der Waals surface area contributed by atoms with E-state index in [1.54, 1.807) is 0 Å². The van der Waals surface area contributed by atoms with E-state index in [1.165, 1.54) is 11.1 Å². The molecule has 2 atom stereocenters. The number of nitrogens with two attached hydrogens (primary N) is 1. The highest BCUT2D eigenvalue weighted by Gasteiger charge is 2.24. The third-order valence-corrected chi connectivity index (χ3v) is 8.18. The van der Waals surface area contributed by atoms with Crippen LogP contribution in [0.15, 0.2) is 66.7 Å². The van der Waals surface area contributed by atoms with Crippen LogP contribution in [0.25, 0.3) is 11.1 Å². The molecule has 250 valence electrons. The van der Waals surface area contributed by atoms with Gasteiger partial charge in [0.15, 0.2) is 0 Å². The summed E-state index contributed by atoms with van der Waals surface area (Å²) in [5.74, 6) is -0.496. The molecule has 46 heavy (non-hydrogen) atoms. The molecule has 0 amide bonds. The number of phosphoric acid groups is 1. The minimum atomic E-state index is -4.47.